The zero-order valence-electron chi connectivity index (χ0n) is 20.7. The summed E-state index contributed by atoms with van der Waals surface area (Å²) in [6.45, 7) is 2.44. The molecular formula is C28H35ClO8. The van der Waals surface area contributed by atoms with Crippen LogP contribution in [0.2, 0.25) is 5.02 Å². The number of benzene rings is 2. The Labute approximate surface area is 221 Å². The van der Waals surface area contributed by atoms with Gasteiger partial charge in [0, 0.05) is 5.02 Å². The van der Waals surface area contributed by atoms with E-state index in [9.17, 15) is 30.6 Å². The lowest BCUT2D eigenvalue weighted by molar-refractivity contribution is -0.232. The molecule has 202 valence electrons. The summed E-state index contributed by atoms with van der Waals surface area (Å²) >= 11 is 6.51. The molecule has 0 radical (unpaired) electrons. The van der Waals surface area contributed by atoms with Crippen LogP contribution in [0.4, 0.5) is 0 Å². The SMILES string of the molecule is CC(O)[C@]12CC(O)[C@@](c3ccc(Cl)c(Cc4ccc(OCCOC5CC5)cc4)c3)(C1O)[C@@H](O)[C@@H](O)[C@H]2O. The largest absolute Gasteiger partial charge is 0.491 e. The number of aliphatic hydroxyl groups is 6. The molecule has 3 aliphatic rings. The van der Waals surface area contributed by atoms with Gasteiger partial charge in [0.05, 0.1) is 54.1 Å². The van der Waals surface area contributed by atoms with Crippen molar-refractivity contribution < 1.29 is 40.1 Å². The molecule has 8 atom stereocenters. The predicted molar refractivity (Wildman–Crippen MR) is 136 cm³/mol. The number of ether oxygens (including phenoxy) is 2. The van der Waals surface area contributed by atoms with Gasteiger partial charge in [0.1, 0.15) is 18.5 Å². The van der Waals surface area contributed by atoms with E-state index in [0.29, 0.717) is 41.9 Å². The van der Waals surface area contributed by atoms with Crippen LogP contribution in [-0.2, 0) is 16.6 Å². The molecule has 9 heteroatoms. The van der Waals surface area contributed by atoms with E-state index in [4.69, 9.17) is 21.1 Å². The summed E-state index contributed by atoms with van der Waals surface area (Å²) in [7, 11) is 0. The van der Waals surface area contributed by atoms with Gasteiger partial charge in [-0.05, 0) is 67.5 Å². The lowest BCUT2D eigenvalue weighted by Gasteiger charge is -2.53. The topological polar surface area (TPSA) is 140 Å². The summed E-state index contributed by atoms with van der Waals surface area (Å²) < 4.78 is 11.3. The summed E-state index contributed by atoms with van der Waals surface area (Å²) in [5, 5.41) is 66.2. The molecule has 0 spiro atoms. The van der Waals surface area contributed by atoms with Crippen LogP contribution in [0.15, 0.2) is 42.5 Å². The van der Waals surface area contributed by atoms with Crippen molar-refractivity contribution in [2.75, 3.05) is 13.2 Å². The van der Waals surface area contributed by atoms with Gasteiger partial charge in [0.2, 0.25) is 0 Å². The summed E-state index contributed by atoms with van der Waals surface area (Å²) in [5.74, 6) is 0.728. The van der Waals surface area contributed by atoms with Crippen LogP contribution in [0.1, 0.15) is 42.9 Å². The minimum atomic E-state index is -1.71. The van der Waals surface area contributed by atoms with E-state index in [1.165, 1.54) is 6.92 Å². The van der Waals surface area contributed by atoms with Crippen molar-refractivity contribution in [2.24, 2.45) is 5.41 Å². The Kier molecular flexibility index (Phi) is 7.32. The van der Waals surface area contributed by atoms with E-state index in [2.05, 4.69) is 0 Å². The van der Waals surface area contributed by atoms with Gasteiger partial charge in [0.25, 0.3) is 0 Å². The third kappa shape index (κ3) is 4.37. The smallest absolute Gasteiger partial charge is 0.119 e. The molecule has 0 heterocycles. The fourth-order valence-corrected chi connectivity index (χ4v) is 6.52. The lowest BCUT2D eigenvalue weighted by atomic mass is 9.58. The molecule has 5 rings (SSSR count). The van der Waals surface area contributed by atoms with Crippen LogP contribution in [0.25, 0.3) is 0 Å². The summed E-state index contributed by atoms with van der Waals surface area (Å²) in [4.78, 5) is 0. The monoisotopic (exact) mass is 534 g/mol. The van der Waals surface area contributed by atoms with Crippen molar-refractivity contribution in [3.63, 3.8) is 0 Å². The first-order valence-electron chi connectivity index (χ1n) is 12.8. The van der Waals surface area contributed by atoms with Crippen LogP contribution in [0, 0.1) is 5.41 Å². The molecular weight excluding hydrogens is 500 g/mol. The van der Waals surface area contributed by atoms with Crippen molar-refractivity contribution in [2.45, 2.75) is 80.7 Å². The highest BCUT2D eigenvalue weighted by Crippen LogP contribution is 2.61. The molecule has 0 saturated heterocycles. The van der Waals surface area contributed by atoms with Gasteiger partial charge in [-0.2, -0.15) is 0 Å². The fraction of sp³-hybridized carbons (Fsp3) is 0.571. The van der Waals surface area contributed by atoms with Crippen LogP contribution in [0.3, 0.4) is 0 Å². The maximum absolute atomic E-state index is 11.5. The minimum absolute atomic E-state index is 0.188. The van der Waals surface area contributed by atoms with Crippen molar-refractivity contribution in [3.05, 3.63) is 64.2 Å². The number of hydrogen-bond acceptors (Lipinski definition) is 8. The first kappa shape index (κ1) is 26.8. The molecule has 6 N–H and O–H groups in total. The maximum atomic E-state index is 11.5. The van der Waals surface area contributed by atoms with Crippen LogP contribution in [-0.4, -0.2) is 86.6 Å². The molecule has 3 aliphatic carbocycles. The first-order chi connectivity index (χ1) is 17.6. The molecule has 8 nitrogen and oxygen atoms in total. The molecule has 37 heavy (non-hydrogen) atoms. The number of rotatable bonds is 9. The van der Waals surface area contributed by atoms with E-state index in [0.717, 1.165) is 24.2 Å². The second-order valence-corrected chi connectivity index (χ2v) is 11.2. The molecule has 3 saturated carbocycles. The Morgan fingerprint density at radius 2 is 1.68 bits per heavy atom. The second-order valence-electron chi connectivity index (χ2n) is 10.8. The summed E-state index contributed by atoms with van der Waals surface area (Å²) in [6.07, 6.45) is -6.15. The standard InChI is InChI=1S/C28H35ClO8/c1-15(30)27-14-22(31)28(26(27)35,25(34)23(32)24(27)33)18-4-9-21(29)17(13-18)12-16-2-5-19(6-3-16)36-10-11-37-20-7-8-20/h2-6,9,13,15,20,22-26,30-35H,7-8,10-12,14H2,1H3/t15?,22?,23-,24+,25-,26?,27-,28+/m0/s1. The molecule has 2 bridgehead atoms. The average molecular weight is 535 g/mol. The van der Waals surface area contributed by atoms with Crippen LogP contribution >= 0.6 is 11.6 Å². The van der Waals surface area contributed by atoms with Gasteiger partial charge < -0.3 is 40.1 Å². The third-order valence-corrected chi connectivity index (χ3v) is 8.99. The van der Waals surface area contributed by atoms with Crippen molar-refractivity contribution in [3.8, 4) is 5.75 Å². The minimum Gasteiger partial charge on any atom is -0.491 e. The van der Waals surface area contributed by atoms with Crippen LogP contribution < -0.4 is 4.74 Å². The number of fused-ring (bicyclic) bond motifs is 2. The highest BCUT2D eigenvalue weighted by molar-refractivity contribution is 6.31. The van der Waals surface area contributed by atoms with Crippen LogP contribution in [0.5, 0.6) is 5.75 Å². The zero-order valence-corrected chi connectivity index (χ0v) is 21.5. The summed E-state index contributed by atoms with van der Waals surface area (Å²) in [5.41, 5.74) is -1.29. The Bertz CT molecular complexity index is 1110. The molecule has 2 aromatic rings. The Hall–Kier alpha value is -1.75. The van der Waals surface area contributed by atoms with Crippen molar-refractivity contribution in [1.29, 1.82) is 0 Å². The van der Waals surface area contributed by atoms with Crippen molar-refractivity contribution >= 4 is 11.6 Å². The zero-order chi connectivity index (χ0) is 26.5. The number of aliphatic hydroxyl groups excluding tert-OH is 6. The van der Waals surface area contributed by atoms with E-state index in [1.54, 1.807) is 18.2 Å². The molecule has 2 aromatic carbocycles. The fourth-order valence-electron chi connectivity index (χ4n) is 6.34. The quantitative estimate of drug-likeness (QED) is 0.265. The normalized spacial score (nSPS) is 35.9. The Balaban J connectivity index is 1.39. The van der Waals surface area contributed by atoms with E-state index in [-0.39, 0.29) is 6.42 Å². The Morgan fingerprint density at radius 1 is 0.973 bits per heavy atom. The van der Waals surface area contributed by atoms with Gasteiger partial charge >= 0.3 is 0 Å². The Morgan fingerprint density at radius 3 is 2.32 bits per heavy atom. The van der Waals surface area contributed by atoms with Gasteiger partial charge in [-0.25, -0.2) is 0 Å². The van der Waals surface area contributed by atoms with E-state index >= 15 is 0 Å². The molecule has 3 unspecified atom stereocenters. The molecule has 0 amide bonds. The predicted octanol–water partition coefficient (Wildman–Crippen LogP) is 1.32. The second kappa shape index (κ2) is 10.1. The maximum Gasteiger partial charge on any atom is 0.119 e. The van der Waals surface area contributed by atoms with Gasteiger partial charge in [0.15, 0.2) is 0 Å². The molecule has 0 aromatic heterocycles. The highest BCUT2D eigenvalue weighted by Gasteiger charge is 2.75. The summed E-state index contributed by atoms with van der Waals surface area (Å²) in [6, 6.07) is 12.5. The highest BCUT2D eigenvalue weighted by atomic mass is 35.5. The molecule has 3 fully saturated rings. The average Bonchev–Trinajstić information content (AvgIpc) is 3.67. The van der Waals surface area contributed by atoms with Crippen molar-refractivity contribution in [1.82, 2.24) is 0 Å². The van der Waals surface area contributed by atoms with E-state index in [1.807, 2.05) is 24.3 Å². The van der Waals surface area contributed by atoms with Gasteiger partial charge in [-0.15, -0.1) is 0 Å². The number of hydrogen-bond donors (Lipinski definition) is 6. The van der Waals surface area contributed by atoms with Gasteiger partial charge in [-0.1, -0.05) is 35.9 Å². The lowest BCUT2D eigenvalue weighted by Crippen LogP contribution is -2.70. The number of halogens is 1. The first-order valence-corrected chi connectivity index (χ1v) is 13.2. The molecule has 0 aliphatic heterocycles. The van der Waals surface area contributed by atoms with E-state index < -0.39 is 47.5 Å². The van der Waals surface area contributed by atoms with Gasteiger partial charge in [-0.3, -0.25) is 0 Å². The third-order valence-electron chi connectivity index (χ3n) is 8.62.